The number of para-hydroxylation sites is 1. The van der Waals surface area contributed by atoms with E-state index >= 15 is 0 Å². The number of amides is 1. The van der Waals surface area contributed by atoms with Gasteiger partial charge < -0.3 is 24.6 Å². The van der Waals surface area contributed by atoms with E-state index in [0.29, 0.717) is 19.6 Å². The van der Waals surface area contributed by atoms with Crippen LogP contribution in [-0.4, -0.2) is 59.5 Å². The summed E-state index contributed by atoms with van der Waals surface area (Å²) in [7, 11) is 1.84. The Balaban J connectivity index is 0.00000240. The van der Waals surface area contributed by atoms with Crippen LogP contribution in [0.1, 0.15) is 12.5 Å². The molecule has 0 radical (unpaired) electrons. The van der Waals surface area contributed by atoms with Gasteiger partial charge in [0, 0.05) is 38.4 Å². The predicted octanol–water partition coefficient (Wildman–Crippen LogP) is 1.58. The van der Waals surface area contributed by atoms with E-state index in [-0.39, 0.29) is 43.2 Å². The maximum Gasteiger partial charge on any atom is 0.246 e. The number of guanidine groups is 1. The summed E-state index contributed by atoms with van der Waals surface area (Å²) in [5.74, 6) is 2.25. The summed E-state index contributed by atoms with van der Waals surface area (Å²) in [5, 5.41) is 7.44. The number of ether oxygens (including phenoxy) is 2. The number of nitrogens with zero attached hydrogens (tertiary/aromatic N) is 5. The van der Waals surface area contributed by atoms with Crippen LogP contribution in [0.4, 0.5) is 5.69 Å². The minimum atomic E-state index is 0. The molecule has 0 unspecified atom stereocenters. The average molecular weight is 512 g/mol. The third-order valence-corrected chi connectivity index (χ3v) is 4.74. The van der Waals surface area contributed by atoms with Gasteiger partial charge in [0.1, 0.15) is 6.54 Å². The number of benzene rings is 1. The topological polar surface area (TPSA) is 84.2 Å². The van der Waals surface area contributed by atoms with Crippen LogP contribution in [0.2, 0.25) is 0 Å². The van der Waals surface area contributed by atoms with Crippen molar-refractivity contribution in [2.75, 3.05) is 37.9 Å². The zero-order valence-electron chi connectivity index (χ0n) is 16.5. The van der Waals surface area contributed by atoms with Gasteiger partial charge in [-0.2, -0.15) is 5.10 Å². The number of fused-ring (bicyclic) bond motifs is 1. The number of aryl methyl sites for hydroxylation is 1. The lowest BCUT2D eigenvalue weighted by Gasteiger charge is -2.35. The van der Waals surface area contributed by atoms with E-state index in [9.17, 15) is 4.79 Å². The second-order valence-electron chi connectivity index (χ2n) is 6.66. The lowest BCUT2D eigenvalue weighted by Crippen LogP contribution is -2.55. The number of aliphatic imine (C=N–C) groups is 1. The highest BCUT2D eigenvalue weighted by Crippen LogP contribution is 2.35. The van der Waals surface area contributed by atoms with Crippen LogP contribution in [0.3, 0.4) is 0 Å². The van der Waals surface area contributed by atoms with E-state index in [1.165, 1.54) is 0 Å². The van der Waals surface area contributed by atoms with Crippen LogP contribution >= 0.6 is 24.0 Å². The Labute approximate surface area is 186 Å². The zero-order chi connectivity index (χ0) is 19.5. The fourth-order valence-electron chi connectivity index (χ4n) is 3.38. The molecule has 1 saturated heterocycles. The minimum Gasteiger partial charge on any atom is -0.454 e. The number of halogens is 1. The van der Waals surface area contributed by atoms with Gasteiger partial charge in [-0.3, -0.25) is 9.48 Å². The SMILES string of the molecule is CCNC(=NCc1cccc2c1OCO2)N1CCN(c2cnn(C)c2)C(=O)C1.I. The summed E-state index contributed by atoms with van der Waals surface area (Å²) in [6, 6.07) is 5.80. The van der Waals surface area contributed by atoms with E-state index in [0.717, 1.165) is 35.3 Å². The molecule has 2 aliphatic heterocycles. The molecule has 2 aliphatic rings. The molecule has 0 saturated carbocycles. The standard InChI is InChI=1S/C19H24N6O3.HI/c1-3-20-19(21-9-14-5-4-6-16-18(14)28-13-27-16)24-7-8-25(17(26)12-24)15-10-22-23(2)11-15;/h4-6,10-11H,3,7-9,12-13H2,1-2H3,(H,20,21);1H. The Morgan fingerprint density at radius 2 is 2.17 bits per heavy atom. The Kier molecular flexibility index (Phi) is 6.83. The number of anilines is 1. The zero-order valence-corrected chi connectivity index (χ0v) is 18.8. The van der Waals surface area contributed by atoms with Crippen LogP contribution in [0, 0.1) is 0 Å². The van der Waals surface area contributed by atoms with Crippen molar-refractivity contribution < 1.29 is 14.3 Å². The van der Waals surface area contributed by atoms with Crippen LogP contribution < -0.4 is 19.7 Å². The molecule has 29 heavy (non-hydrogen) atoms. The highest BCUT2D eigenvalue weighted by molar-refractivity contribution is 14.0. The highest BCUT2D eigenvalue weighted by Gasteiger charge is 2.28. The van der Waals surface area contributed by atoms with Gasteiger partial charge in [-0.25, -0.2) is 4.99 Å². The van der Waals surface area contributed by atoms with Gasteiger partial charge in [0.15, 0.2) is 17.5 Å². The Morgan fingerprint density at radius 1 is 1.31 bits per heavy atom. The second kappa shape index (κ2) is 9.33. The summed E-state index contributed by atoms with van der Waals surface area (Å²) in [6.45, 7) is 4.98. The van der Waals surface area contributed by atoms with E-state index in [4.69, 9.17) is 14.5 Å². The molecule has 156 valence electrons. The highest BCUT2D eigenvalue weighted by atomic mass is 127. The average Bonchev–Trinajstić information content (AvgIpc) is 3.34. The van der Waals surface area contributed by atoms with Crippen LogP contribution in [0.25, 0.3) is 0 Å². The van der Waals surface area contributed by atoms with E-state index < -0.39 is 0 Å². The number of carbonyl (C=O) groups excluding carboxylic acids is 1. The van der Waals surface area contributed by atoms with E-state index in [1.807, 2.05) is 43.3 Å². The van der Waals surface area contributed by atoms with Crippen molar-refractivity contribution in [3.63, 3.8) is 0 Å². The Bertz CT molecular complexity index is 900. The Morgan fingerprint density at radius 3 is 2.90 bits per heavy atom. The van der Waals surface area contributed by atoms with Gasteiger partial charge in [0.25, 0.3) is 0 Å². The maximum atomic E-state index is 12.7. The molecule has 4 rings (SSSR count). The molecule has 0 aliphatic carbocycles. The van der Waals surface area contributed by atoms with E-state index in [2.05, 4.69) is 10.4 Å². The van der Waals surface area contributed by atoms with Crippen molar-refractivity contribution in [2.24, 2.45) is 12.0 Å². The van der Waals surface area contributed by atoms with Crippen LogP contribution in [0.5, 0.6) is 11.5 Å². The summed E-state index contributed by atoms with van der Waals surface area (Å²) < 4.78 is 12.7. The fraction of sp³-hybridized carbons (Fsp3) is 0.421. The number of nitrogens with one attached hydrogen (secondary N) is 1. The summed E-state index contributed by atoms with van der Waals surface area (Å²) in [4.78, 5) is 21.2. The van der Waals surface area contributed by atoms with Gasteiger partial charge in [-0.1, -0.05) is 12.1 Å². The number of hydrogen-bond donors (Lipinski definition) is 1. The summed E-state index contributed by atoms with van der Waals surface area (Å²) in [5.41, 5.74) is 1.79. The van der Waals surface area contributed by atoms with Gasteiger partial charge in [0.05, 0.1) is 18.4 Å². The molecule has 0 atom stereocenters. The molecular weight excluding hydrogens is 487 g/mol. The molecule has 0 spiro atoms. The van der Waals surface area contributed by atoms with Gasteiger partial charge in [0.2, 0.25) is 12.7 Å². The first kappa shape index (κ1) is 21.2. The van der Waals surface area contributed by atoms with Crippen molar-refractivity contribution in [1.29, 1.82) is 0 Å². The predicted molar refractivity (Wildman–Crippen MR) is 120 cm³/mol. The van der Waals surface area contributed by atoms with Crippen molar-refractivity contribution >= 4 is 41.5 Å². The largest absolute Gasteiger partial charge is 0.454 e. The summed E-state index contributed by atoms with van der Waals surface area (Å²) >= 11 is 0. The molecule has 3 heterocycles. The van der Waals surface area contributed by atoms with Gasteiger partial charge >= 0.3 is 0 Å². The minimum absolute atomic E-state index is 0. The quantitative estimate of drug-likeness (QED) is 0.381. The Hall–Kier alpha value is -2.50. The number of hydrogen-bond acceptors (Lipinski definition) is 5. The van der Waals surface area contributed by atoms with Crippen molar-refractivity contribution in [3.8, 4) is 11.5 Å². The number of rotatable bonds is 4. The van der Waals surface area contributed by atoms with Crippen molar-refractivity contribution in [1.82, 2.24) is 20.0 Å². The number of carbonyl (C=O) groups is 1. The third-order valence-electron chi connectivity index (χ3n) is 4.74. The first-order valence-electron chi connectivity index (χ1n) is 9.35. The third kappa shape index (κ3) is 4.57. The lowest BCUT2D eigenvalue weighted by atomic mass is 10.2. The molecule has 1 fully saturated rings. The molecule has 1 aromatic carbocycles. The smallest absolute Gasteiger partial charge is 0.246 e. The second-order valence-corrected chi connectivity index (χ2v) is 6.66. The number of piperazine rings is 1. The molecule has 2 aromatic rings. The lowest BCUT2D eigenvalue weighted by molar-refractivity contribution is -0.120. The first-order chi connectivity index (χ1) is 13.7. The van der Waals surface area contributed by atoms with Gasteiger partial charge in [-0.15, -0.1) is 24.0 Å². The molecule has 1 aromatic heterocycles. The van der Waals surface area contributed by atoms with Crippen LogP contribution in [-0.2, 0) is 18.4 Å². The van der Waals surface area contributed by atoms with Gasteiger partial charge in [-0.05, 0) is 13.0 Å². The number of aromatic nitrogens is 2. The molecule has 1 N–H and O–H groups in total. The van der Waals surface area contributed by atoms with E-state index in [1.54, 1.807) is 15.8 Å². The summed E-state index contributed by atoms with van der Waals surface area (Å²) in [6.07, 6.45) is 3.57. The molecular formula is C19H25IN6O3. The first-order valence-corrected chi connectivity index (χ1v) is 9.35. The van der Waals surface area contributed by atoms with Crippen molar-refractivity contribution in [3.05, 3.63) is 36.2 Å². The monoisotopic (exact) mass is 512 g/mol. The maximum absolute atomic E-state index is 12.7. The normalized spacial score (nSPS) is 16.1. The molecule has 1 amide bonds. The molecule has 0 bridgehead atoms. The fourth-order valence-corrected chi connectivity index (χ4v) is 3.38. The van der Waals surface area contributed by atoms with Crippen LogP contribution in [0.15, 0.2) is 35.6 Å². The molecule has 9 nitrogen and oxygen atoms in total. The van der Waals surface area contributed by atoms with Crippen molar-refractivity contribution in [2.45, 2.75) is 13.5 Å². The molecule has 10 heteroatoms.